The largest absolute Gasteiger partial charge is 0.480 e. The zero-order valence-electron chi connectivity index (χ0n) is 12.4. The highest BCUT2D eigenvalue weighted by Gasteiger charge is 2.41. The zero-order chi connectivity index (χ0) is 16.4. The molecule has 0 bridgehead atoms. The van der Waals surface area contributed by atoms with E-state index in [2.05, 4.69) is 26.3 Å². The fourth-order valence-corrected chi connectivity index (χ4v) is 2.69. The summed E-state index contributed by atoms with van der Waals surface area (Å²) in [6, 6.07) is -0.916. The number of hydrogen-bond acceptors (Lipinski definition) is 6. The number of terminal acetylenes is 1. The fourth-order valence-electron chi connectivity index (χ4n) is 2.69. The molecule has 2 aliphatic heterocycles. The van der Waals surface area contributed by atoms with Crippen molar-refractivity contribution >= 4 is 11.9 Å². The average Bonchev–Trinajstić information content (AvgIpc) is 3.16. The maximum atomic E-state index is 12.5. The topological polar surface area (TPSA) is 113 Å². The number of fused-ring (bicyclic) bond motifs is 1. The Morgan fingerprint density at radius 2 is 2.22 bits per heavy atom. The van der Waals surface area contributed by atoms with Crippen LogP contribution in [0.1, 0.15) is 31.5 Å². The summed E-state index contributed by atoms with van der Waals surface area (Å²) in [5.41, 5.74) is -0.545. The number of hydrogen-bond donors (Lipinski definition) is 1. The van der Waals surface area contributed by atoms with Gasteiger partial charge in [-0.05, 0) is 0 Å². The van der Waals surface area contributed by atoms with E-state index < -0.39 is 17.7 Å². The van der Waals surface area contributed by atoms with Crippen LogP contribution in [0.3, 0.4) is 0 Å². The lowest BCUT2D eigenvalue weighted by molar-refractivity contribution is -0.152. The van der Waals surface area contributed by atoms with Gasteiger partial charge in [0.25, 0.3) is 0 Å². The number of carboxylic acids is 1. The summed E-state index contributed by atoms with van der Waals surface area (Å²) >= 11 is 0. The number of carbonyl (C=O) groups excluding carboxylic acids is 1. The second kappa shape index (κ2) is 5.79. The number of carboxylic acid groups (broad SMARTS) is 1. The smallest absolute Gasteiger partial charge is 0.328 e. The van der Waals surface area contributed by atoms with Gasteiger partial charge in [0.1, 0.15) is 12.4 Å². The van der Waals surface area contributed by atoms with Gasteiger partial charge in [-0.2, -0.15) is 10.2 Å². The molecule has 0 radical (unpaired) electrons. The van der Waals surface area contributed by atoms with E-state index in [0.29, 0.717) is 25.1 Å². The van der Waals surface area contributed by atoms with Crippen LogP contribution in [0.5, 0.6) is 0 Å². The van der Waals surface area contributed by atoms with Crippen molar-refractivity contribution in [3.8, 4) is 12.3 Å². The summed E-state index contributed by atoms with van der Waals surface area (Å²) in [4.78, 5) is 25.3. The van der Waals surface area contributed by atoms with Gasteiger partial charge in [-0.3, -0.25) is 4.79 Å². The zero-order valence-corrected chi connectivity index (χ0v) is 12.4. The predicted molar refractivity (Wildman–Crippen MR) is 76.9 cm³/mol. The Morgan fingerprint density at radius 3 is 2.87 bits per heavy atom. The summed E-state index contributed by atoms with van der Waals surface area (Å²) < 4.78 is 1.66. The monoisotopic (exact) mass is 316 g/mol. The summed E-state index contributed by atoms with van der Waals surface area (Å²) in [6.07, 6.45) is 8.50. The molecule has 9 heteroatoms. The molecule has 0 spiro atoms. The quantitative estimate of drug-likeness (QED) is 0.765. The highest BCUT2D eigenvalue weighted by molar-refractivity contribution is 5.83. The van der Waals surface area contributed by atoms with Gasteiger partial charge in [-0.1, -0.05) is 0 Å². The molecule has 2 aliphatic rings. The molecule has 0 saturated carbocycles. The molecular formula is C14H16N6O3. The van der Waals surface area contributed by atoms with Gasteiger partial charge in [0, 0.05) is 25.7 Å². The maximum absolute atomic E-state index is 12.5. The van der Waals surface area contributed by atoms with Gasteiger partial charge in [0.05, 0.1) is 13.1 Å². The minimum absolute atomic E-state index is 0.140. The van der Waals surface area contributed by atoms with Gasteiger partial charge >= 0.3 is 5.97 Å². The van der Waals surface area contributed by atoms with Crippen LogP contribution in [0, 0.1) is 12.3 Å². The minimum Gasteiger partial charge on any atom is -0.480 e. The van der Waals surface area contributed by atoms with Gasteiger partial charge in [0.2, 0.25) is 5.91 Å². The fraction of sp³-hybridized carbons (Fsp3) is 0.571. The lowest BCUT2D eigenvalue weighted by Crippen LogP contribution is -2.50. The van der Waals surface area contributed by atoms with E-state index in [1.165, 1.54) is 11.2 Å². The lowest BCUT2D eigenvalue weighted by atomic mass is 10.0. The van der Waals surface area contributed by atoms with Crippen molar-refractivity contribution in [3.63, 3.8) is 0 Å². The minimum atomic E-state index is -1.04. The molecule has 1 aromatic heterocycles. The van der Waals surface area contributed by atoms with Crippen LogP contribution >= 0.6 is 0 Å². The van der Waals surface area contributed by atoms with Crippen LogP contribution in [-0.4, -0.2) is 48.4 Å². The van der Waals surface area contributed by atoms with E-state index in [0.717, 1.165) is 0 Å². The highest BCUT2D eigenvalue weighted by Crippen LogP contribution is 2.38. The van der Waals surface area contributed by atoms with Crippen molar-refractivity contribution < 1.29 is 14.7 Å². The first-order chi connectivity index (χ1) is 11.0. The molecule has 1 unspecified atom stereocenters. The van der Waals surface area contributed by atoms with Crippen molar-refractivity contribution in [2.24, 2.45) is 10.2 Å². The van der Waals surface area contributed by atoms with Crippen LogP contribution in [0.25, 0.3) is 0 Å². The van der Waals surface area contributed by atoms with E-state index in [1.807, 2.05) is 0 Å². The molecule has 0 saturated heterocycles. The Morgan fingerprint density at radius 1 is 1.43 bits per heavy atom. The molecule has 0 aliphatic carbocycles. The third-order valence-electron chi connectivity index (χ3n) is 4.15. The Labute approximate surface area is 132 Å². The number of aromatic nitrogens is 3. The van der Waals surface area contributed by atoms with Gasteiger partial charge < -0.3 is 14.6 Å². The second-order valence-electron chi connectivity index (χ2n) is 5.66. The summed E-state index contributed by atoms with van der Waals surface area (Å²) in [7, 11) is 0. The number of carbonyl (C=O) groups is 2. The Hall–Kier alpha value is -2.76. The van der Waals surface area contributed by atoms with Crippen molar-refractivity contribution in [1.29, 1.82) is 0 Å². The number of nitrogens with zero attached hydrogens (tertiary/aromatic N) is 6. The first-order valence-corrected chi connectivity index (χ1v) is 7.31. The van der Waals surface area contributed by atoms with Crippen molar-refractivity contribution in [3.05, 3.63) is 12.2 Å². The first-order valence-electron chi connectivity index (χ1n) is 7.31. The first kappa shape index (κ1) is 15.1. The van der Waals surface area contributed by atoms with E-state index >= 15 is 0 Å². The summed E-state index contributed by atoms with van der Waals surface area (Å²) in [5.74, 6) is 1.83. The standard InChI is InChI=1S/C14H16N6O3/c1-2-3-5-14(17-18-14)6-4-12(21)20-8-11-16-15-9-19(11)7-10(20)13(22)23/h1,9-10H,3-8H2,(H,22,23). The number of amides is 1. The molecule has 1 aromatic rings. The Bertz CT molecular complexity index is 698. The number of rotatable bonds is 6. The second-order valence-corrected chi connectivity index (χ2v) is 5.66. The molecule has 0 fully saturated rings. The molecule has 23 heavy (non-hydrogen) atoms. The number of aliphatic carboxylic acids is 1. The van der Waals surface area contributed by atoms with E-state index in [9.17, 15) is 14.7 Å². The molecule has 1 atom stereocenters. The Balaban J connectivity index is 1.64. The molecule has 3 heterocycles. The predicted octanol–water partition coefficient (Wildman–Crippen LogP) is 0.429. The third kappa shape index (κ3) is 3.06. The molecule has 1 amide bonds. The Kier molecular flexibility index (Phi) is 3.82. The van der Waals surface area contributed by atoms with E-state index in [4.69, 9.17) is 6.42 Å². The van der Waals surface area contributed by atoms with Crippen molar-refractivity contribution in [2.45, 2.75) is 50.5 Å². The molecular weight excluding hydrogens is 300 g/mol. The van der Waals surface area contributed by atoms with E-state index in [-0.39, 0.29) is 25.4 Å². The van der Waals surface area contributed by atoms with Gasteiger partial charge in [0.15, 0.2) is 11.5 Å². The van der Waals surface area contributed by atoms with Crippen LogP contribution in [-0.2, 0) is 22.7 Å². The molecule has 1 N–H and O–H groups in total. The lowest BCUT2D eigenvalue weighted by Gasteiger charge is -2.33. The molecule has 120 valence electrons. The SMILES string of the molecule is C#CCCC1(CCC(=O)N2Cc3nncn3CC2C(=O)O)N=N1. The van der Waals surface area contributed by atoms with Crippen LogP contribution in [0.4, 0.5) is 0 Å². The normalized spacial score (nSPS) is 20.7. The highest BCUT2D eigenvalue weighted by atomic mass is 16.4. The van der Waals surface area contributed by atoms with Crippen LogP contribution in [0.2, 0.25) is 0 Å². The third-order valence-corrected chi connectivity index (χ3v) is 4.15. The molecule has 0 aromatic carbocycles. The molecule has 3 rings (SSSR count). The van der Waals surface area contributed by atoms with Crippen molar-refractivity contribution in [2.75, 3.05) is 0 Å². The van der Waals surface area contributed by atoms with Crippen LogP contribution in [0.15, 0.2) is 16.6 Å². The average molecular weight is 316 g/mol. The molecule has 9 nitrogen and oxygen atoms in total. The summed E-state index contributed by atoms with van der Waals surface area (Å²) in [6.45, 7) is 0.293. The van der Waals surface area contributed by atoms with E-state index in [1.54, 1.807) is 4.57 Å². The van der Waals surface area contributed by atoms with Crippen LogP contribution < -0.4 is 0 Å². The summed E-state index contributed by atoms with van der Waals surface area (Å²) in [5, 5.41) is 25.0. The van der Waals surface area contributed by atoms with Crippen molar-refractivity contribution in [1.82, 2.24) is 19.7 Å². The van der Waals surface area contributed by atoms with Gasteiger partial charge in [-0.25, -0.2) is 4.79 Å². The van der Waals surface area contributed by atoms with Gasteiger partial charge in [-0.15, -0.1) is 22.5 Å². The maximum Gasteiger partial charge on any atom is 0.328 e.